The number of esters is 2. The standard InChI is InChI=1S/C25H20Cl3NO4/c1-14(2)24(30)33-23-17(13-29-20-6-4-5-19(27)22(20)28)11-18(26)12-21(23)32-25(31)16-9-7-15(3)8-10-16/h4-14H,1-3H3. The molecule has 0 aliphatic rings. The van der Waals surface area contributed by atoms with Gasteiger partial charge in [0.1, 0.15) is 0 Å². The summed E-state index contributed by atoms with van der Waals surface area (Å²) < 4.78 is 11.1. The van der Waals surface area contributed by atoms with Gasteiger partial charge in [0.15, 0.2) is 11.5 Å². The van der Waals surface area contributed by atoms with Crippen LogP contribution in [-0.2, 0) is 4.79 Å². The molecule has 0 fully saturated rings. The Kier molecular flexibility index (Phi) is 8.14. The predicted molar refractivity (Wildman–Crippen MR) is 132 cm³/mol. The zero-order chi connectivity index (χ0) is 24.1. The van der Waals surface area contributed by atoms with Gasteiger partial charge in [-0.25, -0.2) is 4.79 Å². The van der Waals surface area contributed by atoms with Crippen LogP contribution < -0.4 is 9.47 Å². The predicted octanol–water partition coefficient (Wildman–Crippen LogP) is 7.49. The van der Waals surface area contributed by atoms with Gasteiger partial charge in [0.25, 0.3) is 0 Å². The molecule has 33 heavy (non-hydrogen) atoms. The minimum atomic E-state index is -0.625. The first-order valence-electron chi connectivity index (χ1n) is 9.98. The van der Waals surface area contributed by atoms with Crippen molar-refractivity contribution in [3.63, 3.8) is 0 Å². The maximum Gasteiger partial charge on any atom is 0.343 e. The van der Waals surface area contributed by atoms with Crippen LogP contribution in [-0.4, -0.2) is 18.2 Å². The second-order valence-corrected chi connectivity index (χ2v) is 8.71. The molecule has 0 aromatic heterocycles. The number of aliphatic imine (C=N–C) groups is 1. The number of carbonyl (C=O) groups is 2. The maximum absolute atomic E-state index is 12.7. The second-order valence-electron chi connectivity index (χ2n) is 7.48. The van der Waals surface area contributed by atoms with Crippen molar-refractivity contribution < 1.29 is 19.1 Å². The molecule has 0 spiro atoms. The summed E-state index contributed by atoms with van der Waals surface area (Å²) in [5.41, 5.74) is 2.06. The van der Waals surface area contributed by atoms with Crippen molar-refractivity contribution in [3.8, 4) is 11.5 Å². The van der Waals surface area contributed by atoms with Crippen LogP contribution in [0, 0.1) is 12.8 Å². The lowest BCUT2D eigenvalue weighted by Crippen LogP contribution is -2.17. The van der Waals surface area contributed by atoms with E-state index in [0.717, 1.165) is 5.56 Å². The van der Waals surface area contributed by atoms with Gasteiger partial charge < -0.3 is 9.47 Å². The molecule has 170 valence electrons. The third-order valence-corrected chi connectivity index (χ3v) is 5.51. The highest BCUT2D eigenvalue weighted by molar-refractivity contribution is 6.43. The van der Waals surface area contributed by atoms with E-state index in [-0.39, 0.29) is 21.5 Å². The van der Waals surface area contributed by atoms with Crippen LogP contribution in [0.2, 0.25) is 15.1 Å². The fraction of sp³-hybridized carbons (Fsp3) is 0.160. The number of hydrogen-bond acceptors (Lipinski definition) is 5. The first-order valence-corrected chi connectivity index (χ1v) is 11.1. The number of rotatable bonds is 6. The normalized spacial score (nSPS) is 11.1. The Labute approximate surface area is 206 Å². The SMILES string of the molecule is Cc1ccc(C(=O)Oc2cc(Cl)cc(C=Nc3cccc(Cl)c3Cl)c2OC(=O)C(C)C)cc1. The van der Waals surface area contributed by atoms with Crippen molar-refractivity contribution in [3.05, 3.63) is 86.4 Å². The minimum absolute atomic E-state index is 0.0132. The van der Waals surface area contributed by atoms with Crippen LogP contribution in [0.15, 0.2) is 59.6 Å². The molecule has 5 nitrogen and oxygen atoms in total. The molecule has 3 rings (SSSR count). The molecule has 0 aliphatic heterocycles. The van der Waals surface area contributed by atoms with Gasteiger partial charge in [0.05, 0.1) is 27.2 Å². The van der Waals surface area contributed by atoms with Crippen LogP contribution in [0.3, 0.4) is 0 Å². The minimum Gasteiger partial charge on any atom is -0.422 e. The van der Waals surface area contributed by atoms with E-state index in [4.69, 9.17) is 44.3 Å². The fourth-order valence-electron chi connectivity index (χ4n) is 2.67. The summed E-state index contributed by atoms with van der Waals surface area (Å²) in [6.07, 6.45) is 1.41. The monoisotopic (exact) mass is 503 g/mol. The van der Waals surface area contributed by atoms with E-state index in [1.807, 2.05) is 6.92 Å². The Bertz CT molecular complexity index is 1220. The Morgan fingerprint density at radius 3 is 2.33 bits per heavy atom. The largest absolute Gasteiger partial charge is 0.422 e. The molecular formula is C25H20Cl3NO4. The zero-order valence-corrected chi connectivity index (χ0v) is 20.3. The third kappa shape index (κ3) is 6.35. The highest BCUT2D eigenvalue weighted by Gasteiger charge is 2.21. The number of aryl methyl sites for hydroxylation is 1. The number of nitrogens with zero attached hydrogens (tertiary/aromatic N) is 1. The van der Waals surface area contributed by atoms with Crippen LogP contribution in [0.4, 0.5) is 5.69 Å². The summed E-state index contributed by atoms with van der Waals surface area (Å²) in [6.45, 7) is 5.29. The molecule has 0 heterocycles. The highest BCUT2D eigenvalue weighted by atomic mass is 35.5. The molecule has 0 N–H and O–H groups in total. The molecule has 8 heteroatoms. The maximum atomic E-state index is 12.7. The van der Waals surface area contributed by atoms with Gasteiger partial charge in [0, 0.05) is 22.9 Å². The van der Waals surface area contributed by atoms with Gasteiger partial charge in [-0.05, 0) is 37.3 Å². The van der Waals surface area contributed by atoms with Crippen LogP contribution in [0.1, 0.15) is 35.3 Å². The summed E-state index contributed by atoms with van der Waals surface area (Å²) >= 11 is 18.5. The van der Waals surface area contributed by atoms with Gasteiger partial charge in [-0.1, -0.05) is 72.4 Å². The van der Waals surface area contributed by atoms with Gasteiger partial charge >= 0.3 is 11.9 Å². The molecule has 0 bridgehead atoms. The Morgan fingerprint density at radius 1 is 0.970 bits per heavy atom. The van der Waals surface area contributed by atoms with Crippen molar-refractivity contribution in [1.82, 2.24) is 0 Å². The van der Waals surface area contributed by atoms with Crippen LogP contribution >= 0.6 is 34.8 Å². The smallest absolute Gasteiger partial charge is 0.343 e. The summed E-state index contributed by atoms with van der Waals surface area (Å²) in [5.74, 6) is -1.56. The lowest BCUT2D eigenvalue weighted by Gasteiger charge is -2.15. The molecule has 0 amide bonds. The first-order chi connectivity index (χ1) is 15.7. The van der Waals surface area contributed by atoms with Gasteiger partial charge in [-0.15, -0.1) is 0 Å². The molecule has 0 aliphatic carbocycles. The van der Waals surface area contributed by atoms with E-state index in [9.17, 15) is 9.59 Å². The summed E-state index contributed by atoms with van der Waals surface area (Å²) in [7, 11) is 0. The van der Waals surface area contributed by atoms with E-state index >= 15 is 0 Å². The third-order valence-electron chi connectivity index (χ3n) is 4.49. The van der Waals surface area contributed by atoms with E-state index in [1.165, 1.54) is 18.3 Å². The van der Waals surface area contributed by atoms with Crippen molar-refractivity contribution >= 4 is 58.6 Å². The number of ether oxygens (including phenoxy) is 2. The van der Waals surface area contributed by atoms with Gasteiger partial charge in [-0.3, -0.25) is 9.79 Å². The highest BCUT2D eigenvalue weighted by Crippen LogP contribution is 2.37. The summed E-state index contributed by atoms with van der Waals surface area (Å²) in [5, 5.41) is 0.866. The molecular weight excluding hydrogens is 485 g/mol. The van der Waals surface area contributed by atoms with Gasteiger partial charge in [0.2, 0.25) is 0 Å². The summed E-state index contributed by atoms with van der Waals surface area (Å²) in [6, 6.07) is 14.8. The Hall–Kier alpha value is -2.86. The Morgan fingerprint density at radius 2 is 1.67 bits per heavy atom. The van der Waals surface area contributed by atoms with Crippen LogP contribution in [0.5, 0.6) is 11.5 Å². The average Bonchev–Trinajstić information content (AvgIpc) is 2.76. The number of halogens is 3. The molecule has 0 atom stereocenters. The number of hydrogen-bond donors (Lipinski definition) is 0. The molecule has 0 unspecified atom stereocenters. The van der Waals surface area contributed by atoms with E-state index < -0.39 is 17.9 Å². The zero-order valence-electron chi connectivity index (χ0n) is 18.1. The molecule has 0 saturated heterocycles. The van der Waals surface area contributed by atoms with E-state index in [2.05, 4.69) is 4.99 Å². The molecule has 0 radical (unpaired) electrons. The first kappa shape index (κ1) is 24.8. The topological polar surface area (TPSA) is 65.0 Å². The van der Waals surface area contributed by atoms with Crippen molar-refractivity contribution in [2.45, 2.75) is 20.8 Å². The quantitative estimate of drug-likeness (QED) is 0.198. The summed E-state index contributed by atoms with van der Waals surface area (Å²) in [4.78, 5) is 29.4. The van der Waals surface area contributed by atoms with Crippen molar-refractivity contribution in [1.29, 1.82) is 0 Å². The average molecular weight is 505 g/mol. The fourth-order valence-corrected chi connectivity index (χ4v) is 3.23. The van der Waals surface area contributed by atoms with E-state index in [0.29, 0.717) is 21.8 Å². The van der Waals surface area contributed by atoms with Crippen LogP contribution in [0.25, 0.3) is 0 Å². The van der Waals surface area contributed by atoms with Gasteiger partial charge in [-0.2, -0.15) is 0 Å². The lowest BCUT2D eigenvalue weighted by molar-refractivity contribution is -0.137. The molecule has 0 saturated carbocycles. The number of carbonyl (C=O) groups excluding carboxylic acids is 2. The second kappa shape index (κ2) is 10.8. The van der Waals surface area contributed by atoms with Crippen molar-refractivity contribution in [2.24, 2.45) is 10.9 Å². The molecule has 3 aromatic carbocycles. The lowest BCUT2D eigenvalue weighted by atomic mass is 10.1. The van der Waals surface area contributed by atoms with Crippen molar-refractivity contribution in [2.75, 3.05) is 0 Å². The van der Waals surface area contributed by atoms with E-state index in [1.54, 1.807) is 56.3 Å². The number of benzene rings is 3. The molecule has 3 aromatic rings. The Balaban J connectivity index is 2.04.